The van der Waals surface area contributed by atoms with Gasteiger partial charge in [-0.2, -0.15) is 0 Å². The van der Waals surface area contributed by atoms with Crippen molar-refractivity contribution in [2.24, 2.45) is 0 Å². The largest absolute Gasteiger partial charge is 0.478 e. The molecule has 0 aliphatic carbocycles. The monoisotopic (exact) mass is 155 g/mol. The first kappa shape index (κ1) is 9.91. The Labute approximate surface area is 66.4 Å². The molecule has 0 aromatic heterocycles. The Hall–Kier alpha value is -1.09. The Morgan fingerprint density at radius 3 is 2.73 bits per heavy atom. The number of hydrogen-bond donors (Lipinski definition) is 2. The van der Waals surface area contributed by atoms with E-state index in [-0.39, 0.29) is 11.6 Å². The predicted molar refractivity (Wildman–Crippen MR) is 44.4 cm³/mol. The van der Waals surface area contributed by atoms with Gasteiger partial charge in [0.15, 0.2) is 0 Å². The van der Waals surface area contributed by atoms with Crippen molar-refractivity contribution in [3.63, 3.8) is 0 Å². The van der Waals surface area contributed by atoms with Crippen molar-refractivity contribution in [3.8, 4) is 0 Å². The topological polar surface area (TPSA) is 49.3 Å². The molecule has 0 aromatic carbocycles. The maximum absolute atomic E-state index is 10.2. The number of nitrogens with one attached hydrogen (secondary N) is 1. The van der Waals surface area contributed by atoms with E-state index in [1.807, 2.05) is 6.92 Å². The molecule has 0 aromatic rings. The summed E-state index contributed by atoms with van der Waals surface area (Å²) >= 11 is 0. The molecule has 2 N–H and O–H groups in total. The third kappa shape index (κ3) is 4.33. The van der Waals surface area contributed by atoms with Crippen LogP contribution >= 0.6 is 0 Å². The van der Waals surface area contributed by atoms with Gasteiger partial charge in [0, 0.05) is 18.2 Å². The Kier molecular flexibility index (Phi) is 4.22. The van der Waals surface area contributed by atoms with Gasteiger partial charge in [0.05, 0.1) is 0 Å². The summed E-state index contributed by atoms with van der Waals surface area (Å²) < 4.78 is 0. The van der Waals surface area contributed by atoms with Gasteiger partial charge in [-0.05, 0) is 6.92 Å². The molecule has 3 nitrogen and oxygen atoms in total. The first-order valence-electron chi connectivity index (χ1n) is 3.35. The predicted octanol–water partition coefficient (Wildman–Crippen LogP) is 0.791. The van der Waals surface area contributed by atoms with Crippen LogP contribution in [-0.2, 0) is 4.79 Å². The van der Waals surface area contributed by atoms with Gasteiger partial charge in [-0.15, -0.1) is 6.58 Å². The Balaban J connectivity index is 3.62. The summed E-state index contributed by atoms with van der Waals surface area (Å²) in [6.07, 6.45) is 1.70. The highest BCUT2D eigenvalue weighted by Gasteiger charge is 2.03. The lowest BCUT2D eigenvalue weighted by Crippen LogP contribution is -2.27. The zero-order valence-corrected chi connectivity index (χ0v) is 6.63. The smallest absolute Gasteiger partial charge is 0.332 e. The molecule has 0 aliphatic heterocycles. The normalized spacial score (nSPS) is 12.1. The molecule has 1 unspecified atom stereocenters. The molecule has 0 amide bonds. The minimum atomic E-state index is -0.964. The van der Waals surface area contributed by atoms with Gasteiger partial charge < -0.3 is 10.4 Å². The number of aliphatic carboxylic acids is 1. The van der Waals surface area contributed by atoms with E-state index >= 15 is 0 Å². The molecular formula is C8H13NO2. The first-order chi connectivity index (χ1) is 5.07. The average Bonchev–Trinajstić information content (AvgIpc) is 1.99. The van der Waals surface area contributed by atoms with Gasteiger partial charge in [0.2, 0.25) is 0 Å². The Morgan fingerprint density at radius 2 is 2.36 bits per heavy atom. The number of carboxylic acid groups (broad SMARTS) is 1. The van der Waals surface area contributed by atoms with Crippen LogP contribution in [0.5, 0.6) is 0 Å². The first-order valence-corrected chi connectivity index (χ1v) is 3.35. The molecule has 0 bridgehead atoms. The van der Waals surface area contributed by atoms with Crippen LogP contribution in [0.15, 0.2) is 24.8 Å². The summed E-state index contributed by atoms with van der Waals surface area (Å²) in [6.45, 7) is 9.09. The van der Waals surface area contributed by atoms with Gasteiger partial charge in [-0.25, -0.2) is 4.79 Å². The lowest BCUT2D eigenvalue weighted by atomic mass is 10.2. The summed E-state index contributed by atoms with van der Waals surface area (Å²) in [5, 5.41) is 11.3. The van der Waals surface area contributed by atoms with Gasteiger partial charge in [0.1, 0.15) is 0 Å². The molecule has 0 aliphatic rings. The van der Waals surface area contributed by atoms with Crippen LogP contribution in [-0.4, -0.2) is 23.7 Å². The summed E-state index contributed by atoms with van der Waals surface area (Å²) in [5.41, 5.74) is 0.165. The highest BCUT2D eigenvalue weighted by molar-refractivity contribution is 5.86. The highest BCUT2D eigenvalue weighted by Crippen LogP contribution is 1.89. The lowest BCUT2D eigenvalue weighted by Gasteiger charge is -2.07. The molecule has 0 radical (unpaired) electrons. The van der Waals surface area contributed by atoms with Crippen molar-refractivity contribution in [3.05, 3.63) is 24.8 Å². The maximum Gasteiger partial charge on any atom is 0.332 e. The van der Waals surface area contributed by atoms with E-state index in [0.29, 0.717) is 6.54 Å². The van der Waals surface area contributed by atoms with Crippen LogP contribution in [0.25, 0.3) is 0 Å². The van der Waals surface area contributed by atoms with Crippen LogP contribution in [0, 0.1) is 0 Å². The van der Waals surface area contributed by atoms with E-state index in [1.165, 1.54) is 0 Å². The lowest BCUT2D eigenvalue weighted by molar-refractivity contribution is -0.132. The van der Waals surface area contributed by atoms with Gasteiger partial charge in [0.25, 0.3) is 0 Å². The van der Waals surface area contributed by atoms with E-state index in [1.54, 1.807) is 6.08 Å². The van der Waals surface area contributed by atoms with Crippen molar-refractivity contribution in [2.75, 3.05) is 6.54 Å². The molecule has 1 atom stereocenters. The fourth-order valence-electron chi connectivity index (χ4n) is 0.443. The van der Waals surface area contributed by atoms with Crippen molar-refractivity contribution in [1.29, 1.82) is 0 Å². The van der Waals surface area contributed by atoms with Gasteiger partial charge in [-0.3, -0.25) is 0 Å². The van der Waals surface area contributed by atoms with Crippen LogP contribution < -0.4 is 5.32 Å². The standard InChI is InChI=1S/C8H13NO2/c1-4-7(3)9-5-6(2)8(10)11/h4,7,9H,1-2,5H2,3H3,(H,10,11). The molecule has 0 saturated heterocycles. The Bertz CT molecular complexity index is 175. The van der Waals surface area contributed by atoms with Gasteiger partial charge in [-0.1, -0.05) is 12.7 Å². The summed E-state index contributed by atoms with van der Waals surface area (Å²) in [5.74, 6) is -0.964. The number of carboxylic acids is 1. The fourth-order valence-corrected chi connectivity index (χ4v) is 0.443. The summed E-state index contributed by atoms with van der Waals surface area (Å²) in [6, 6.07) is 0.117. The van der Waals surface area contributed by atoms with E-state index in [2.05, 4.69) is 18.5 Å². The highest BCUT2D eigenvalue weighted by atomic mass is 16.4. The third-order valence-corrected chi connectivity index (χ3v) is 1.29. The number of rotatable bonds is 5. The quantitative estimate of drug-likeness (QED) is 0.456. The second-order valence-electron chi connectivity index (χ2n) is 2.31. The molecule has 11 heavy (non-hydrogen) atoms. The van der Waals surface area contributed by atoms with Crippen molar-refractivity contribution in [2.45, 2.75) is 13.0 Å². The molecule has 3 heteroatoms. The van der Waals surface area contributed by atoms with E-state index in [0.717, 1.165) is 0 Å². The molecule has 0 rings (SSSR count). The van der Waals surface area contributed by atoms with E-state index < -0.39 is 5.97 Å². The minimum Gasteiger partial charge on any atom is -0.478 e. The molecule has 0 saturated carbocycles. The molecular weight excluding hydrogens is 142 g/mol. The second-order valence-corrected chi connectivity index (χ2v) is 2.31. The van der Waals surface area contributed by atoms with E-state index in [9.17, 15) is 4.79 Å². The number of carbonyl (C=O) groups is 1. The van der Waals surface area contributed by atoms with Crippen molar-refractivity contribution in [1.82, 2.24) is 5.32 Å². The Morgan fingerprint density at radius 1 is 1.82 bits per heavy atom. The van der Waals surface area contributed by atoms with Crippen molar-refractivity contribution >= 4 is 5.97 Å². The summed E-state index contributed by atoms with van der Waals surface area (Å²) in [4.78, 5) is 10.2. The SMILES string of the molecule is C=CC(C)NCC(=C)C(=O)O. The maximum atomic E-state index is 10.2. The molecule has 0 spiro atoms. The van der Waals surface area contributed by atoms with Crippen LogP contribution in [0.1, 0.15) is 6.92 Å². The fraction of sp³-hybridized carbons (Fsp3) is 0.375. The average molecular weight is 155 g/mol. The summed E-state index contributed by atoms with van der Waals surface area (Å²) in [7, 11) is 0. The second kappa shape index (κ2) is 4.68. The van der Waals surface area contributed by atoms with Gasteiger partial charge >= 0.3 is 5.97 Å². The molecule has 0 fully saturated rings. The molecule has 62 valence electrons. The zero-order valence-electron chi connectivity index (χ0n) is 6.63. The zero-order chi connectivity index (χ0) is 8.85. The van der Waals surface area contributed by atoms with E-state index in [4.69, 9.17) is 5.11 Å². The van der Waals surface area contributed by atoms with Crippen molar-refractivity contribution < 1.29 is 9.90 Å². The third-order valence-electron chi connectivity index (χ3n) is 1.29. The van der Waals surface area contributed by atoms with Crippen LogP contribution in [0.3, 0.4) is 0 Å². The number of hydrogen-bond acceptors (Lipinski definition) is 2. The molecule has 0 heterocycles. The van der Waals surface area contributed by atoms with Crippen LogP contribution in [0.2, 0.25) is 0 Å². The van der Waals surface area contributed by atoms with Crippen LogP contribution in [0.4, 0.5) is 0 Å². The minimum absolute atomic E-state index is 0.117.